The molecule has 4 heteroatoms. The van der Waals surface area contributed by atoms with Crippen LogP contribution in [0.25, 0.3) is 0 Å². The summed E-state index contributed by atoms with van der Waals surface area (Å²) >= 11 is 0. The van der Waals surface area contributed by atoms with Crippen LogP contribution in [0.1, 0.15) is 15.9 Å². The zero-order chi connectivity index (χ0) is 13.1. The molecule has 0 N–H and O–H groups in total. The van der Waals surface area contributed by atoms with Gasteiger partial charge in [0.05, 0.1) is 0 Å². The summed E-state index contributed by atoms with van der Waals surface area (Å²) in [4.78, 5) is 10.5. The van der Waals surface area contributed by atoms with Crippen molar-refractivity contribution in [2.24, 2.45) is 0 Å². The monoisotopic (exact) mass is 256 g/mol. The fraction of sp³-hybridized carbons (Fsp3) is 0.133. The lowest BCUT2D eigenvalue weighted by Gasteiger charge is -2.07. The Morgan fingerprint density at radius 2 is 1.84 bits per heavy atom. The van der Waals surface area contributed by atoms with Crippen molar-refractivity contribution in [3.05, 3.63) is 53.6 Å². The molecule has 0 atom stereocenters. The Morgan fingerprint density at radius 3 is 2.63 bits per heavy atom. The van der Waals surface area contributed by atoms with Crippen molar-refractivity contribution in [2.45, 2.75) is 6.61 Å². The molecule has 4 nitrogen and oxygen atoms in total. The smallest absolute Gasteiger partial charge is 0.231 e. The molecule has 2 aromatic carbocycles. The number of aldehydes is 1. The first kappa shape index (κ1) is 11.6. The summed E-state index contributed by atoms with van der Waals surface area (Å²) in [7, 11) is 0. The van der Waals surface area contributed by atoms with Crippen molar-refractivity contribution >= 4 is 6.29 Å². The van der Waals surface area contributed by atoms with Crippen molar-refractivity contribution in [1.29, 1.82) is 0 Å². The fourth-order valence-electron chi connectivity index (χ4n) is 1.83. The summed E-state index contributed by atoms with van der Waals surface area (Å²) in [5.41, 5.74) is 1.66. The summed E-state index contributed by atoms with van der Waals surface area (Å²) < 4.78 is 16.2. The molecule has 0 saturated carbocycles. The van der Waals surface area contributed by atoms with E-state index in [9.17, 15) is 4.79 Å². The van der Waals surface area contributed by atoms with Gasteiger partial charge in [0.15, 0.2) is 11.5 Å². The molecule has 3 rings (SSSR count). The van der Waals surface area contributed by atoms with Crippen molar-refractivity contribution in [3.63, 3.8) is 0 Å². The van der Waals surface area contributed by atoms with Gasteiger partial charge in [-0.1, -0.05) is 24.3 Å². The second kappa shape index (κ2) is 5.02. The van der Waals surface area contributed by atoms with Crippen LogP contribution in [0.5, 0.6) is 17.2 Å². The molecule has 1 aliphatic heterocycles. The van der Waals surface area contributed by atoms with Gasteiger partial charge in [-0.2, -0.15) is 0 Å². The van der Waals surface area contributed by atoms with Gasteiger partial charge < -0.3 is 14.2 Å². The second-order valence-corrected chi connectivity index (χ2v) is 4.16. The van der Waals surface area contributed by atoms with E-state index in [1.807, 2.05) is 30.3 Å². The average molecular weight is 256 g/mol. The third-order valence-corrected chi connectivity index (χ3v) is 2.87. The number of benzene rings is 2. The maximum absolute atomic E-state index is 10.5. The van der Waals surface area contributed by atoms with Crippen molar-refractivity contribution in [3.8, 4) is 17.2 Å². The lowest BCUT2D eigenvalue weighted by Crippen LogP contribution is -1.95. The number of fused-ring (bicyclic) bond motifs is 1. The first-order valence-corrected chi connectivity index (χ1v) is 5.92. The standard InChI is InChI=1S/C15H12O4/c16-8-11-1-3-12(4-2-11)9-17-13-5-6-14-15(7-13)19-10-18-14/h1-8H,9-10H2. The van der Waals surface area contributed by atoms with E-state index in [2.05, 4.69) is 0 Å². The summed E-state index contributed by atoms with van der Waals surface area (Å²) in [6, 6.07) is 12.8. The first-order valence-electron chi connectivity index (χ1n) is 5.92. The van der Waals surface area contributed by atoms with E-state index < -0.39 is 0 Å². The SMILES string of the molecule is O=Cc1ccc(COc2ccc3c(c2)OCO3)cc1. The second-order valence-electron chi connectivity index (χ2n) is 4.16. The molecular weight excluding hydrogens is 244 g/mol. The number of hydrogen-bond acceptors (Lipinski definition) is 4. The highest BCUT2D eigenvalue weighted by molar-refractivity contribution is 5.74. The van der Waals surface area contributed by atoms with Gasteiger partial charge in [0.1, 0.15) is 18.6 Å². The molecule has 0 radical (unpaired) electrons. The minimum Gasteiger partial charge on any atom is -0.489 e. The maximum Gasteiger partial charge on any atom is 0.231 e. The van der Waals surface area contributed by atoms with E-state index in [-0.39, 0.29) is 6.79 Å². The number of carbonyl (C=O) groups is 1. The van der Waals surface area contributed by atoms with Gasteiger partial charge in [-0.05, 0) is 17.7 Å². The molecule has 1 aliphatic rings. The molecule has 0 saturated heterocycles. The molecule has 0 fully saturated rings. The Hall–Kier alpha value is -2.49. The normalized spacial score (nSPS) is 12.2. The van der Waals surface area contributed by atoms with Crippen LogP contribution in [0.15, 0.2) is 42.5 Å². The predicted molar refractivity (Wildman–Crippen MR) is 68.7 cm³/mol. The lowest BCUT2D eigenvalue weighted by molar-refractivity contribution is 0.112. The highest BCUT2D eigenvalue weighted by atomic mass is 16.7. The molecule has 0 spiro atoms. The largest absolute Gasteiger partial charge is 0.489 e. The van der Waals surface area contributed by atoms with E-state index in [4.69, 9.17) is 14.2 Å². The molecule has 0 aromatic heterocycles. The molecule has 0 aliphatic carbocycles. The van der Waals surface area contributed by atoms with E-state index in [0.717, 1.165) is 23.3 Å². The fourth-order valence-corrected chi connectivity index (χ4v) is 1.83. The third-order valence-electron chi connectivity index (χ3n) is 2.87. The quantitative estimate of drug-likeness (QED) is 0.789. The van der Waals surface area contributed by atoms with E-state index >= 15 is 0 Å². The maximum atomic E-state index is 10.5. The van der Waals surface area contributed by atoms with Crippen LogP contribution in [-0.4, -0.2) is 13.1 Å². The van der Waals surface area contributed by atoms with Crippen LogP contribution in [0.4, 0.5) is 0 Å². The van der Waals surface area contributed by atoms with Gasteiger partial charge in [0.2, 0.25) is 6.79 Å². The molecule has 2 aromatic rings. The zero-order valence-electron chi connectivity index (χ0n) is 10.2. The average Bonchev–Trinajstić information content (AvgIpc) is 2.93. The zero-order valence-corrected chi connectivity index (χ0v) is 10.2. The molecule has 0 bridgehead atoms. The van der Waals surface area contributed by atoms with Gasteiger partial charge in [-0.3, -0.25) is 4.79 Å². The van der Waals surface area contributed by atoms with Gasteiger partial charge in [0.25, 0.3) is 0 Å². The minimum atomic E-state index is 0.256. The van der Waals surface area contributed by atoms with Crippen LogP contribution in [-0.2, 0) is 6.61 Å². The van der Waals surface area contributed by atoms with Gasteiger partial charge in [-0.15, -0.1) is 0 Å². The molecule has 0 unspecified atom stereocenters. The Balaban J connectivity index is 1.66. The summed E-state index contributed by atoms with van der Waals surface area (Å²) in [5, 5.41) is 0. The summed E-state index contributed by atoms with van der Waals surface area (Å²) in [5.74, 6) is 2.17. The number of rotatable bonds is 4. The Bertz CT molecular complexity index is 590. The van der Waals surface area contributed by atoms with Crippen LogP contribution in [0, 0.1) is 0 Å². The molecule has 19 heavy (non-hydrogen) atoms. The molecule has 1 heterocycles. The predicted octanol–water partition coefficient (Wildman–Crippen LogP) is 2.81. The summed E-state index contributed by atoms with van der Waals surface area (Å²) in [6.45, 7) is 0.699. The topological polar surface area (TPSA) is 44.8 Å². The Kier molecular flexibility index (Phi) is 3.06. The van der Waals surface area contributed by atoms with Crippen LogP contribution in [0.2, 0.25) is 0 Å². The molecule has 96 valence electrons. The highest BCUT2D eigenvalue weighted by Crippen LogP contribution is 2.35. The highest BCUT2D eigenvalue weighted by Gasteiger charge is 2.13. The van der Waals surface area contributed by atoms with Gasteiger partial charge in [0, 0.05) is 11.6 Å². The number of carbonyl (C=O) groups excluding carboxylic acids is 1. The van der Waals surface area contributed by atoms with Gasteiger partial charge in [-0.25, -0.2) is 0 Å². The van der Waals surface area contributed by atoms with E-state index in [1.54, 1.807) is 12.1 Å². The third kappa shape index (κ3) is 2.52. The van der Waals surface area contributed by atoms with Crippen LogP contribution >= 0.6 is 0 Å². The first-order chi connectivity index (χ1) is 9.35. The number of hydrogen-bond donors (Lipinski definition) is 0. The molecular formula is C15H12O4. The van der Waals surface area contributed by atoms with Crippen molar-refractivity contribution in [2.75, 3.05) is 6.79 Å². The lowest BCUT2D eigenvalue weighted by atomic mass is 10.2. The van der Waals surface area contributed by atoms with E-state index in [0.29, 0.717) is 17.9 Å². The van der Waals surface area contributed by atoms with Crippen molar-refractivity contribution in [1.82, 2.24) is 0 Å². The van der Waals surface area contributed by atoms with Gasteiger partial charge >= 0.3 is 0 Å². The Morgan fingerprint density at radius 1 is 1.05 bits per heavy atom. The Labute approximate surface area is 110 Å². The summed E-state index contributed by atoms with van der Waals surface area (Å²) in [6.07, 6.45) is 0.822. The van der Waals surface area contributed by atoms with Crippen molar-refractivity contribution < 1.29 is 19.0 Å². The van der Waals surface area contributed by atoms with Crippen LogP contribution in [0.3, 0.4) is 0 Å². The minimum absolute atomic E-state index is 0.256. The number of ether oxygens (including phenoxy) is 3. The van der Waals surface area contributed by atoms with E-state index in [1.165, 1.54) is 0 Å². The van der Waals surface area contributed by atoms with Crippen LogP contribution < -0.4 is 14.2 Å². The molecule has 0 amide bonds.